The van der Waals surface area contributed by atoms with Crippen LogP contribution in [0.25, 0.3) is 0 Å². The molecule has 0 atom stereocenters. The zero-order valence-corrected chi connectivity index (χ0v) is 5.65. The summed E-state index contributed by atoms with van der Waals surface area (Å²) < 4.78 is 0. The lowest BCUT2D eigenvalue weighted by Crippen LogP contribution is -2.48. The third kappa shape index (κ3) is 2.91. The van der Waals surface area contributed by atoms with Crippen molar-refractivity contribution >= 4 is 6.03 Å². The topological polar surface area (TPSA) is 162 Å². The summed E-state index contributed by atoms with van der Waals surface area (Å²) in [7, 11) is 0. The fraction of sp³-hybridized carbons (Fsp3) is 0. The summed E-state index contributed by atoms with van der Waals surface area (Å²) in [4.78, 5) is 39.4. The predicted molar refractivity (Wildman–Crippen MR) is 31.4 cm³/mol. The largest absolute Gasteiger partial charge is 0.507 e. The predicted octanol–water partition coefficient (Wildman–Crippen LogP) is -1.43. The number of nitrogens with one attached hydrogen (secondary N) is 1. The third-order valence-corrected chi connectivity index (χ3v) is 0.678. The summed E-state index contributed by atoms with van der Waals surface area (Å²) in [5.41, 5.74) is 0.731. The van der Waals surface area contributed by atoms with Crippen molar-refractivity contribution in [2.75, 3.05) is 0 Å². The Kier molecular flexibility index (Phi) is 3.02. The molecule has 13 heavy (non-hydrogen) atoms. The molecule has 2 amide bonds. The molecule has 0 fully saturated rings. The Morgan fingerprint density at radius 1 is 1.08 bits per heavy atom. The van der Waals surface area contributed by atoms with Gasteiger partial charge < -0.3 is 0 Å². The summed E-state index contributed by atoms with van der Waals surface area (Å²) >= 11 is 0. The summed E-state index contributed by atoms with van der Waals surface area (Å²) in [5, 5.41) is 23.1. The van der Waals surface area contributed by atoms with Crippen LogP contribution in [0.1, 0.15) is 0 Å². The molecular formula is CHN5O7. The third-order valence-electron chi connectivity index (χ3n) is 0.678. The fourth-order valence-electron chi connectivity index (χ4n) is 0.331. The van der Waals surface area contributed by atoms with Crippen molar-refractivity contribution < 1.29 is 19.9 Å². The van der Waals surface area contributed by atoms with Gasteiger partial charge in [-0.2, -0.15) is 0 Å². The Balaban J connectivity index is 4.57. The number of carbonyl (C=O) groups excluding carboxylic acids is 1. The zero-order chi connectivity index (χ0) is 10.6. The maximum Gasteiger partial charge on any atom is 0.507 e. The SMILES string of the molecule is O=C(N[N+](=O)[O-])N([N+](=O)[O-])[N+](=O)[O-]. The van der Waals surface area contributed by atoms with Crippen LogP contribution in [0.3, 0.4) is 0 Å². The minimum Gasteiger partial charge on any atom is -0.234 e. The highest BCUT2D eigenvalue weighted by atomic mass is 16.8. The second-order valence-electron chi connectivity index (χ2n) is 1.44. The highest BCUT2D eigenvalue weighted by Gasteiger charge is 2.40. The number of carbonyl (C=O) groups is 1. The van der Waals surface area contributed by atoms with E-state index in [1.54, 1.807) is 0 Å². The first kappa shape index (κ1) is 10.5. The molecular weight excluding hydrogens is 194 g/mol. The second-order valence-corrected chi connectivity index (χ2v) is 1.44. The Bertz CT molecular complexity index is 256. The van der Waals surface area contributed by atoms with Gasteiger partial charge in [-0.05, 0) is 5.43 Å². The molecule has 1 N–H and O–H groups in total. The van der Waals surface area contributed by atoms with Gasteiger partial charge in [0.15, 0.2) is 5.03 Å². The maximum absolute atomic E-state index is 10.3. The Hall–Kier alpha value is -2.53. The van der Waals surface area contributed by atoms with Gasteiger partial charge in [-0.3, -0.25) is 0 Å². The van der Waals surface area contributed by atoms with E-state index in [1.807, 2.05) is 0 Å². The van der Waals surface area contributed by atoms with Crippen molar-refractivity contribution in [3.05, 3.63) is 30.3 Å². The average Bonchev–Trinajstić information content (AvgIpc) is 1.81. The molecule has 0 aliphatic rings. The molecule has 0 aromatic heterocycles. The fourth-order valence-corrected chi connectivity index (χ4v) is 0.331. The summed E-state index contributed by atoms with van der Waals surface area (Å²) in [6.45, 7) is 0. The van der Waals surface area contributed by atoms with Crippen LogP contribution in [0.4, 0.5) is 4.79 Å². The first-order valence-corrected chi connectivity index (χ1v) is 2.40. The van der Waals surface area contributed by atoms with Crippen molar-refractivity contribution in [2.45, 2.75) is 0 Å². The summed E-state index contributed by atoms with van der Waals surface area (Å²) in [6, 6.07) is -2.07. The molecule has 0 bridgehead atoms. The van der Waals surface area contributed by atoms with Crippen LogP contribution in [0.15, 0.2) is 0 Å². The van der Waals surface area contributed by atoms with Crippen molar-refractivity contribution in [3.63, 3.8) is 0 Å². The first-order chi connectivity index (χ1) is 5.86. The van der Waals surface area contributed by atoms with Crippen LogP contribution in [0, 0.1) is 30.3 Å². The quantitative estimate of drug-likeness (QED) is 0.426. The number of hydrazine groups is 3. The number of nitrogens with zero attached hydrogens (tertiary/aromatic N) is 4. The van der Waals surface area contributed by atoms with E-state index in [0.29, 0.717) is 0 Å². The standard InChI is InChI=1S/CHN5O7/c7-1(2-4(8)9)3(5(10)11)6(12)13/h(H,2,7). The first-order valence-electron chi connectivity index (χ1n) is 2.40. The molecule has 0 aliphatic heterocycles. The smallest absolute Gasteiger partial charge is 0.234 e. The molecule has 0 aromatic carbocycles. The van der Waals surface area contributed by atoms with Crippen molar-refractivity contribution in [2.24, 2.45) is 0 Å². The van der Waals surface area contributed by atoms with Crippen LogP contribution in [-0.4, -0.2) is 26.2 Å². The highest BCUT2D eigenvalue weighted by molar-refractivity contribution is 5.70. The minimum absolute atomic E-state index is 0.731. The lowest BCUT2D eigenvalue weighted by atomic mass is 11.1. The van der Waals surface area contributed by atoms with Gasteiger partial charge in [-0.1, -0.05) is 0 Å². The zero-order valence-electron chi connectivity index (χ0n) is 5.65. The van der Waals surface area contributed by atoms with Gasteiger partial charge in [0.2, 0.25) is 10.1 Å². The van der Waals surface area contributed by atoms with Crippen molar-refractivity contribution in [1.82, 2.24) is 10.5 Å². The Morgan fingerprint density at radius 3 is 1.69 bits per heavy atom. The molecule has 0 spiro atoms. The molecule has 0 aromatic rings. The number of hydrogen-bond donors (Lipinski definition) is 1. The van der Waals surface area contributed by atoms with Crippen LogP contribution >= 0.6 is 0 Å². The summed E-state index contributed by atoms with van der Waals surface area (Å²) in [5.74, 6) is 0. The number of hydrogen-bond acceptors (Lipinski definition) is 7. The summed E-state index contributed by atoms with van der Waals surface area (Å²) in [6.07, 6.45) is 0. The lowest BCUT2D eigenvalue weighted by molar-refractivity contribution is -0.884. The van der Waals surface area contributed by atoms with Gasteiger partial charge in [0.1, 0.15) is 0 Å². The van der Waals surface area contributed by atoms with Crippen LogP contribution in [0.5, 0.6) is 0 Å². The van der Waals surface area contributed by atoms with Crippen molar-refractivity contribution in [3.8, 4) is 0 Å². The van der Waals surface area contributed by atoms with E-state index in [9.17, 15) is 35.1 Å². The average molecular weight is 195 g/mol. The molecule has 0 aliphatic carbocycles. The number of urea groups is 1. The molecule has 0 heterocycles. The van der Waals surface area contributed by atoms with Crippen LogP contribution < -0.4 is 5.43 Å². The molecule has 0 radical (unpaired) electrons. The Labute approximate surface area is 68.1 Å². The number of rotatable bonds is 3. The molecule has 12 heteroatoms. The molecule has 72 valence electrons. The van der Waals surface area contributed by atoms with Gasteiger partial charge in [0, 0.05) is 0 Å². The van der Waals surface area contributed by atoms with Crippen LogP contribution in [0.2, 0.25) is 0 Å². The van der Waals surface area contributed by atoms with E-state index < -0.39 is 26.2 Å². The second kappa shape index (κ2) is 3.74. The van der Waals surface area contributed by atoms with Gasteiger partial charge >= 0.3 is 6.03 Å². The van der Waals surface area contributed by atoms with E-state index in [4.69, 9.17) is 0 Å². The van der Waals surface area contributed by atoms with E-state index in [-0.39, 0.29) is 0 Å². The van der Waals surface area contributed by atoms with Gasteiger partial charge in [-0.15, -0.1) is 0 Å². The normalized spacial score (nSPS) is 8.62. The van der Waals surface area contributed by atoms with E-state index >= 15 is 0 Å². The van der Waals surface area contributed by atoms with Gasteiger partial charge in [-0.25, -0.2) is 35.1 Å². The van der Waals surface area contributed by atoms with Gasteiger partial charge in [0.05, 0.1) is 0 Å². The Morgan fingerprint density at radius 2 is 1.46 bits per heavy atom. The molecule has 0 saturated carbocycles. The molecule has 12 nitrogen and oxygen atoms in total. The molecule has 0 unspecified atom stereocenters. The van der Waals surface area contributed by atoms with E-state index in [0.717, 1.165) is 5.43 Å². The van der Waals surface area contributed by atoms with Crippen LogP contribution in [-0.2, 0) is 0 Å². The molecule has 0 saturated heterocycles. The van der Waals surface area contributed by atoms with Gasteiger partial charge in [0.25, 0.3) is 5.12 Å². The molecule has 0 rings (SSSR count). The maximum atomic E-state index is 10.3. The van der Waals surface area contributed by atoms with Crippen molar-refractivity contribution in [1.29, 1.82) is 0 Å². The van der Waals surface area contributed by atoms with E-state index in [2.05, 4.69) is 0 Å². The lowest BCUT2D eigenvalue weighted by Gasteiger charge is -1.97. The monoisotopic (exact) mass is 195 g/mol. The highest BCUT2D eigenvalue weighted by Crippen LogP contribution is 1.89. The number of nitro groups is 3. The minimum atomic E-state index is -2.07. The number of amides is 2. The van der Waals surface area contributed by atoms with E-state index in [1.165, 1.54) is 0 Å².